The Balaban J connectivity index is 1.72. The summed E-state index contributed by atoms with van der Waals surface area (Å²) in [6.45, 7) is 5.29. The smallest absolute Gasteiger partial charge is 0.130 e. The average molecular weight is 361 g/mol. The van der Waals surface area contributed by atoms with Crippen molar-refractivity contribution in [3.63, 3.8) is 0 Å². The molecule has 2 aromatic rings. The first-order valence-electron chi connectivity index (χ1n) is 8.81. The van der Waals surface area contributed by atoms with Gasteiger partial charge in [-0.25, -0.2) is 9.97 Å². The highest BCUT2D eigenvalue weighted by molar-refractivity contribution is 6.30. The zero-order valence-corrected chi connectivity index (χ0v) is 15.5. The molecule has 0 unspecified atom stereocenters. The van der Waals surface area contributed by atoms with Gasteiger partial charge in [-0.2, -0.15) is 0 Å². The molecule has 0 amide bonds. The molecular weight excluding hydrogens is 336 g/mol. The van der Waals surface area contributed by atoms with Gasteiger partial charge in [0.15, 0.2) is 0 Å². The number of nitrogens with zero attached hydrogens (tertiary/aromatic N) is 2. The van der Waals surface area contributed by atoms with Crippen LogP contribution in [0.1, 0.15) is 49.2 Å². The van der Waals surface area contributed by atoms with Gasteiger partial charge in [-0.05, 0) is 44.4 Å². The minimum Gasteiger partial charge on any atom is -0.493 e. The molecule has 1 aromatic heterocycles. The van der Waals surface area contributed by atoms with Crippen molar-refractivity contribution in [2.75, 3.05) is 11.9 Å². The van der Waals surface area contributed by atoms with Gasteiger partial charge in [0.2, 0.25) is 0 Å². The molecule has 1 aromatic carbocycles. The number of rotatable bonds is 7. The lowest BCUT2D eigenvalue weighted by atomic mass is 9.78. The van der Waals surface area contributed by atoms with E-state index in [-0.39, 0.29) is 0 Å². The summed E-state index contributed by atoms with van der Waals surface area (Å²) >= 11 is 6.14. The SMILES string of the molecule is CCCOc1ccc(Cl)cc1CNc1cc(C2CC(N)C2)nc(C)n1. The van der Waals surface area contributed by atoms with Crippen molar-refractivity contribution in [1.82, 2.24) is 9.97 Å². The molecule has 3 rings (SSSR count). The van der Waals surface area contributed by atoms with Gasteiger partial charge in [0.25, 0.3) is 0 Å². The molecule has 0 bridgehead atoms. The number of nitrogens with two attached hydrogens (primary N) is 1. The van der Waals surface area contributed by atoms with E-state index >= 15 is 0 Å². The molecule has 0 saturated heterocycles. The molecular formula is C19H25ClN4O. The quantitative estimate of drug-likeness (QED) is 0.779. The average Bonchev–Trinajstić information content (AvgIpc) is 2.56. The first kappa shape index (κ1) is 18.0. The summed E-state index contributed by atoms with van der Waals surface area (Å²) in [4.78, 5) is 9.06. The molecule has 1 aliphatic carbocycles. The molecule has 1 aliphatic rings. The van der Waals surface area contributed by atoms with Gasteiger partial charge in [0, 0.05) is 40.9 Å². The van der Waals surface area contributed by atoms with Crippen LogP contribution in [0.2, 0.25) is 5.02 Å². The van der Waals surface area contributed by atoms with Crippen molar-refractivity contribution < 1.29 is 4.74 Å². The van der Waals surface area contributed by atoms with Gasteiger partial charge in [-0.15, -0.1) is 0 Å². The number of aryl methyl sites for hydroxylation is 1. The van der Waals surface area contributed by atoms with E-state index < -0.39 is 0 Å². The summed E-state index contributed by atoms with van der Waals surface area (Å²) < 4.78 is 5.81. The first-order valence-corrected chi connectivity index (χ1v) is 9.19. The van der Waals surface area contributed by atoms with Crippen LogP contribution in [0.25, 0.3) is 0 Å². The summed E-state index contributed by atoms with van der Waals surface area (Å²) in [7, 11) is 0. The van der Waals surface area contributed by atoms with Crippen LogP contribution in [0.5, 0.6) is 5.75 Å². The number of benzene rings is 1. The van der Waals surface area contributed by atoms with Crippen LogP contribution in [0.4, 0.5) is 5.82 Å². The molecule has 1 saturated carbocycles. The molecule has 3 N–H and O–H groups in total. The number of aromatic nitrogens is 2. The summed E-state index contributed by atoms with van der Waals surface area (Å²) in [5.74, 6) is 2.90. The van der Waals surface area contributed by atoms with Crippen molar-refractivity contribution in [2.45, 2.75) is 51.6 Å². The number of halogens is 1. The van der Waals surface area contributed by atoms with E-state index in [4.69, 9.17) is 22.1 Å². The monoisotopic (exact) mass is 360 g/mol. The van der Waals surface area contributed by atoms with Crippen LogP contribution < -0.4 is 15.8 Å². The van der Waals surface area contributed by atoms with E-state index in [1.54, 1.807) is 0 Å². The van der Waals surface area contributed by atoms with Crippen molar-refractivity contribution in [3.8, 4) is 5.75 Å². The fourth-order valence-corrected chi connectivity index (χ4v) is 3.21. The molecule has 25 heavy (non-hydrogen) atoms. The lowest BCUT2D eigenvalue weighted by Gasteiger charge is -2.32. The van der Waals surface area contributed by atoms with Crippen molar-refractivity contribution in [3.05, 3.63) is 46.4 Å². The normalized spacial score (nSPS) is 19.4. The zero-order valence-electron chi connectivity index (χ0n) is 14.8. The standard InChI is InChI=1S/C19H25ClN4O/c1-3-6-25-18-5-4-15(20)7-14(18)11-22-19-10-17(23-12(2)24-19)13-8-16(21)9-13/h4-5,7,10,13,16H,3,6,8-9,11,21H2,1-2H3,(H,22,23,24). The Hall–Kier alpha value is -1.85. The number of anilines is 1. The highest BCUT2D eigenvalue weighted by Crippen LogP contribution is 2.35. The molecule has 6 heteroatoms. The van der Waals surface area contributed by atoms with Crippen LogP contribution in [-0.2, 0) is 6.54 Å². The first-order chi connectivity index (χ1) is 12.0. The van der Waals surface area contributed by atoms with E-state index in [1.165, 1.54) is 0 Å². The predicted octanol–water partition coefficient (Wildman–Crippen LogP) is 4.04. The third kappa shape index (κ3) is 4.61. The van der Waals surface area contributed by atoms with Gasteiger partial charge in [-0.1, -0.05) is 18.5 Å². The zero-order chi connectivity index (χ0) is 17.8. The van der Waals surface area contributed by atoms with Crippen LogP contribution in [-0.4, -0.2) is 22.6 Å². The van der Waals surface area contributed by atoms with E-state index in [0.29, 0.717) is 30.1 Å². The minimum atomic E-state index is 0.307. The van der Waals surface area contributed by atoms with Crippen molar-refractivity contribution in [1.29, 1.82) is 0 Å². The van der Waals surface area contributed by atoms with Crippen LogP contribution in [0.15, 0.2) is 24.3 Å². The molecule has 1 heterocycles. The Morgan fingerprint density at radius 1 is 1.28 bits per heavy atom. The summed E-state index contributed by atoms with van der Waals surface area (Å²) in [6.07, 6.45) is 2.96. The van der Waals surface area contributed by atoms with Gasteiger partial charge in [0.1, 0.15) is 17.4 Å². The Kier molecular flexibility index (Phi) is 5.76. The molecule has 1 fully saturated rings. The highest BCUT2D eigenvalue weighted by atomic mass is 35.5. The second-order valence-electron chi connectivity index (χ2n) is 6.61. The van der Waals surface area contributed by atoms with E-state index in [9.17, 15) is 0 Å². The van der Waals surface area contributed by atoms with Crippen molar-refractivity contribution >= 4 is 17.4 Å². The van der Waals surface area contributed by atoms with Gasteiger partial charge in [-0.3, -0.25) is 0 Å². The van der Waals surface area contributed by atoms with E-state index in [0.717, 1.165) is 47.9 Å². The number of hydrogen-bond donors (Lipinski definition) is 2. The molecule has 0 spiro atoms. The van der Waals surface area contributed by atoms with Crippen LogP contribution in [0, 0.1) is 6.92 Å². The Labute approximate surface area is 154 Å². The number of ether oxygens (including phenoxy) is 1. The second kappa shape index (κ2) is 8.02. The summed E-state index contributed by atoms with van der Waals surface area (Å²) in [6, 6.07) is 8.03. The Morgan fingerprint density at radius 3 is 2.80 bits per heavy atom. The van der Waals surface area contributed by atoms with Gasteiger partial charge >= 0.3 is 0 Å². The molecule has 0 atom stereocenters. The molecule has 5 nitrogen and oxygen atoms in total. The maximum atomic E-state index is 6.14. The summed E-state index contributed by atoms with van der Waals surface area (Å²) in [5, 5.41) is 4.08. The van der Waals surface area contributed by atoms with Crippen molar-refractivity contribution in [2.24, 2.45) is 5.73 Å². The lowest BCUT2D eigenvalue weighted by molar-refractivity contribution is 0.314. The lowest BCUT2D eigenvalue weighted by Crippen LogP contribution is -2.35. The predicted molar refractivity (Wildman–Crippen MR) is 101 cm³/mol. The molecule has 0 aliphatic heterocycles. The third-order valence-electron chi connectivity index (χ3n) is 4.39. The number of hydrogen-bond acceptors (Lipinski definition) is 5. The Bertz CT molecular complexity index is 731. The largest absolute Gasteiger partial charge is 0.493 e. The molecule has 0 radical (unpaired) electrons. The van der Waals surface area contributed by atoms with E-state index in [2.05, 4.69) is 22.2 Å². The second-order valence-corrected chi connectivity index (χ2v) is 7.04. The maximum absolute atomic E-state index is 6.14. The number of nitrogens with one attached hydrogen (secondary N) is 1. The minimum absolute atomic E-state index is 0.307. The maximum Gasteiger partial charge on any atom is 0.130 e. The Morgan fingerprint density at radius 2 is 2.08 bits per heavy atom. The van der Waals surface area contributed by atoms with Crippen LogP contribution >= 0.6 is 11.6 Å². The third-order valence-corrected chi connectivity index (χ3v) is 4.63. The topological polar surface area (TPSA) is 73.1 Å². The van der Waals surface area contributed by atoms with Gasteiger partial charge in [0.05, 0.1) is 6.61 Å². The highest BCUT2D eigenvalue weighted by Gasteiger charge is 2.28. The van der Waals surface area contributed by atoms with E-state index in [1.807, 2.05) is 31.2 Å². The summed E-state index contributed by atoms with van der Waals surface area (Å²) in [5.41, 5.74) is 7.99. The van der Waals surface area contributed by atoms with Crippen LogP contribution in [0.3, 0.4) is 0 Å². The molecule has 134 valence electrons. The van der Waals surface area contributed by atoms with Gasteiger partial charge < -0.3 is 15.8 Å². The fourth-order valence-electron chi connectivity index (χ4n) is 3.02. The fraction of sp³-hybridized carbons (Fsp3) is 0.474.